The van der Waals surface area contributed by atoms with Gasteiger partial charge < -0.3 is 10.1 Å². The number of hydrogen-bond donors (Lipinski definition) is 1. The van der Waals surface area contributed by atoms with Gasteiger partial charge in [0.05, 0.1) is 0 Å². The van der Waals surface area contributed by atoms with Gasteiger partial charge in [-0.15, -0.1) is 0 Å². The first kappa shape index (κ1) is 17.1. The Morgan fingerprint density at radius 2 is 1.70 bits per heavy atom. The molecule has 3 heteroatoms. The second kappa shape index (κ2) is 7.32. The zero-order valence-corrected chi connectivity index (χ0v) is 14.6. The molecule has 1 atom stereocenters. The zero-order valence-electron chi connectivity index (χ0n) is 14.6. The van der Waals surface area contributed by atoms with Crippen molar-refractivity contribution in [1.82, 2.24) is 0 Å². The lowest BCUT2D eigenvalue weighted by molar-refractivity contribution is -0.122. The third kappa shape index (κ3) is 4.35. The number of anilines is 1. The van der Waals surface area contributed by atoms with E-state index in [0.29, 0.717) is 6.42 Å². The van der Waals surface area contributed by atoms with E-state index in [2.05, 4.69) is 12.2 Å². The summed E-state index contributed by atoms with van der Waals surface area (Å²) >= 11 is 0. The molecule has 122 valence electrons. The largest absolute Gasteiger partial charge is 0.481 e. The molecule has 0 heterocycles. The number of rotatable bonds is 5. The van der Waals surface area contributed by atoms with Crippen molar-refractivity contribution in [3.63, 3.8) is 0 Å². The van der Waals surface area contributed by atoms with Gasteiger partial charge in [0.25, 0.3) is 5.91 Å². The van der Waals surface area contributed by atoms with Crippen LogP contribution in [0.4, 0.5) is 5.69 Å². The van der Waals surface area contributed by atoms with Crippen LogP contribution in [0.3, 0.4) is 0 Å². The summed E-state index contributed by atoms with van der Waals surface area (Å²) in [6.45, 7) is 10.1. The van der Waals surface area contributed by atoms with E-state index in [4.69, 9.17) is 4.74 Å². The Hall–Kier alpha value is -2.29. The lowest BCUT2D eigenvalue weighted by atomic mass is 10.1. The maximum atomic E-state index is 12.5. The van der Waals surface area contributed by atoms with Crippen molar-refractivity contribution in [3.05, 3.63) is 58.7 Å². The molecule has 0 aliphatic carbocycles. The molecule has 23 heavy (non-hydrogen) atoms. The van der Waals surface area contributed by atoms with Crippen molar-refractivity contribution in [3.8, 4) is 5.75 Å². The van der Waals surface area contributed by atoms with Gasteiger partial charge in [-0.3, -0.25) is 4.79 Å². The van der Waals surface area contributed by atoms with Crippen LogP contribution in [0.15, 0.2) is 36.4 Å². The van der Waals surface area contributed by atoms with E-state index in [9.17, 15) is 4.79 Å². The Labute approximate surface area is 138 Å². The number of amides is 1. The maximum absolute atomic E-state index is 12.5. The van der Waals surface area contributed by atoms with Crippen LogP contribution in [0.25, 0.3) is 0 Å². The SMILES string of the molecule is CC[C@H](Oc1ccc(C)c(C)c1)C(=O)Nc1cc(C)ccc1C. The second-order valence-corrected chi connectivity index (χ2v) is 6.07. The Morgan fingerprint density at radius 1 is 1.00 bits per heavy atom. The Morgan fingerprint density at radius 3 is 2.35 bits per heavy atom. The van der Waals surface area contributed by atoms with Gasteiger partial charge in [0.2, 0.25) is 0 Å². The van der Waals surface area contributed by atoms with E-state index in [0.717, 1.165) is 28.1 Å². The van der Waals surface area contributed by atoms with Gasteiger partial charge in [-0.1, -0.05) is 25.1 Å². The van der Waals surface area contributed by atoms with E-state index in [1.54, 1.807) is 0 Å². The molecule has 0 spiro atoms. The molecule has 0 saturated carbocycles. The summed E-state index contributed by atoms with van der Waals surface area (Å²) in [4.78, 5) is 12.5. The molecule has 0 aliphatic heterocycles. The molecular formula is C20H25NO2. The number of benzene rings is 2. The quantitative estimate of drug-likeness (QED) is 0.868. The Bertz CT molecular complexity index is 707. The highest BCUT2D eigenvalue weighted by molar-refractivity contribution is 5.95. The molecule has 0 saturated heterocycles. The highest BCUT2D eigenvalue weighted by Gasteiger charge is 2.19. The molecule has 0 aromatic heterocycles. The molecule has 0 radical (unpaired) electrons. The number of ether oxygens (including phenoxy) is 1. The first-order valence-corrected chi connectivity index (χ1v) is 8.02. The van der Waals surface area contributed by atoms with Crippen LogP contribution in [0.1, 0.15) is 35.6 Å². The third-order valence-corrected chi connectivity index (χ3v) is 4.07. The van der Waals surface area contributed by atoms with Crippen LogP contribution in [0, 0.1) is 27.7 Å². The number of hydrogen-bond acceptors (Lipinski definition) is 2. The molecule has 2 rings (SSSR count). The molecule has 2 aromatic rings. The van der Waals surface area contributed by atoms with Crippen LogP contribution in [-0.4, -0.2) is 12.0 Å². The summed E-state index contributed by atoms with van der Waals surface area (Å²) in [6.07, 6.45) is 0.112. The van der Waals surface area contributed by atoms with Crippen LogP contribution < -0.4 is 10.1 Å². The molecule has 1 amide bonds. The highest BCUT2D eigenvalue weighted by Crippen LogP contribution is 2.20. The molecular weight excluding hydrogens is 286 g/mol. The second-order valence-electron chi connectivity index (χ2n) is 6.07. The number of aryl methyl sites for hydroxylation is 4. The van der Waals surface area contributed by atoms with Crippen LogP contribution in [0.2, 0.25) is 0 Å². The average Bonchev–Trinajstić information content (AvgIpc) is 2.51. The van der Waals surface area contributed by atoms with E-state index in [1.165, 1.54) is 5.56 Å². The summed E-state index contributed by atoms with van der Waals surface area (Å²) in [5.74, 6) is 0.621. The first-order chi connectivity index (χ1) is 10.9. The fourth-order valence-corrected chi connectivity index (χ4v) is 2.36. The van der Waals surface area contributed by atoms with Gasteiger partial charge in [0.1, 0.15) is 5.75 Å². The normalized spacial score (nSPS) is 11.9. The minimum Gasteiger partial charge on any atom is -0.481 e. The molecule has 3 nitrogen and oxygen atoms in total. The van der Waals surface area contributed by atoms with Gasteiger partial charge in [-0.25, -0.2) is 0 Å². The molecule has 0 aliphatic rings. The third-order valence-electron chi connectivity index (χ3n) is 4.07. The smallest absolute Gasteiger partial charge is 0.265 e. The summed E-state index contributed by atoms with van der Waals surface area (Å²) in [5, 5.41) is 2.98. The number of nitrogens with one attached hydrogen (secondary N) is 1. The van der Waals surface area contributed by atoms with Crippen molar-refractivity contribution in [2.45, 2.75) is 47.1 Å². The summed E-state index contributed by atoms with van der Waals surface area (Å²) in [7, 11) is 0. The fraction of sp³-hybridized carbons (Fsp3) is 0.350. The molecule has 0 fully saturated rings. The maximum Gasteiger partial charge on any atom is 0.265 e. The van der Waals surface area contributed by atoms with Crippen molar-refractivity contribution < 1.29 is 9.53 Å². The Balaban J connectivity index is 2.11. The molecule has 1 N–H and O–H groups in total. The van der Waals surface area contributed by atoms with Crippen molar-refractivity contribution in [1.29, 1.82) is 0 Å². The van der Waals surface area contributed by atoms with E-state index in [-0.39, 0.29) is 5.91 Å². The Kier molecular flexibility index (Phi) is 5.43. The monoisotopic (exact) mass is 311 g/mol. The minimum absolute atomic E-state index is 0.112. The van der Waals surface area contributed by atoms with Gasteiger partial charge >= 0.3 is 0 Å². The summed E-state index contributed by atoms with van der Waals surface area (Å²) in [6, 6.07) is 11.9. The van der Waals surface area contributed by atoms with E-state index >= 15 is 0 Å². The van der Waals surface area contributed by atoms with E-state index in [1.807, 2.05) is 64.1 Å². The molecule has 2 aromatic carbocycles. The summed E-state index contributed by atoms with van der Waals surface area (Å²) < 4.78 is 5.89. The van der Waals surface area contributed by atoms with Gasteiger partial charge in [-0.2, -0.15) is 0 Å². The first-order valence-electron chi connectivity index (χ1n) is 8.02. The number of carbonyl (C=O) groups excluding carboxylic acids is 1. The fourth-order valence-electron chi connectivity index (χ4n) is 2.36. The predicted molar refractivity (Wildman–Crippen MR) is 95.2 cm³/mol. The van der Waals surface area contributed by atoms with Gasteiger partial charge in [0.15, 0.2) is 6.10 Å². The van der Waals surface area contributed by atoms with Crippen LogP contribution in [-0.2, 0) is 4.79 Å². The highest BCUT2D eigenvalue weighted by atomic mass is 16.5. The summed E-state index contributed by atoms with van der Waals surface area (Å²) in [5.41, 5.74) is 5.38. The van der Waals surface area contributed by atoms with Crippen LogP contribution >= 0.6 is 0 Å². The average molecular weight is 311 g/mol. The van der Waals surface area contributed by atoms with Gasteiger partial charge in [-0.05, 0) is 74.6 Å². The predicted octanol–water partition coefficient (Wildman–Crippen LogP) is 4.72. The lowest BCUT2D eigenvalue weighted by Gasteiger charge is -2.19. The van der Waals surface area contributed by atoms with Crippen molar-refractivity contribution >= 4 is 11.6 Å². The topological polar surface area (TPSA) is 38.3 Å². The number of carbonyl (C=O) groups is 1. The van der Waals surface area contributed by atoms with E-state index < -0.39 is 6.10 Å². The van der Waals surface area contributed by atoms with Gasteiger partial charge in [0, 0.05) is 5.69 Å². The van der Waals surface area contributed by atoms with Crippen LogP contribution in [0.5, 0.6) is 5.75 Å². The zero-order chi connectivity index (χ0) is 17.0. The minimum atomic E-state index is -0.503. The lowest BCUT2D eigenvalue weighted by Crippen LogP contribution is -2.32. The van der Waals surface area contributed by atoms with Crippen molar-refractivity contribution in [2.24, 2.45) is 0 Å². The van der Waals surface area contributed by atoms with Crippen molar-refractivity contribution in [2.75, 3.05) is 5.32 Å². The molecule has 0 unspecified atom stereocenters. The standard InChI is InChI=1S/C20H25NO2/c1-6-19(23-17-10-9-14(3)16(5)12-17)20(22)21-18-11-13(2)7-8-15(18)4/h7-12,19H,6H2,1-5H3,(H,21,22)/t19-/m0/s1. The molecule has 0 bridgehead atoms.